The molecule has 0 unspecified atom stereocenters. The van der Waals surface area contributed by atoms with Gasteiger partial charge in [0, 0.05) is 36.4 Å². The topological polar surface area (TPSA) is 44.2 Å². The van der Waals surface area contributed by atoms with Crippen LogP contribution in [0.1, 0.15) is 12.8 Å². The largest absolute Gasteiger partial charge is 0.470 e. The highest BCUT2D eigenvalue weighted by atomic mass is 35.5. The highest BCUT2D eigenvalue weighted by molar-refractivity contribution is 7.11. The fourth-order valence-electron chi connectivity index (χ4n) is 2.16. The summed E-state index contributed by atoms with van der Waals surface area (Å²) < 4.78 is 24.2. The van der Waals surface area contributed by atoms with Crippen LogP contribution in [0.25, 0.3) is 11.3 Å². The third kappa shape index (κ3) is 3.70. The van der Waals surface area contributed by atoms with Crippen LogP contribution in [-0.4, -0.2) is 29.8 Å². The van der Waals surface area contributed by atoms with Crippen molar-refractivity contribution in [3.63, 3.8) is 0 Å². The van der Waals surface area contributed by atoms with Crippen molar-refractivity contribution in [1.82, 2.24) is 9.97 Å². The Morgan fingerprint density at radius 3 is 3.05 bits per heavy atom. The Hall–Kier alpha value is -1.24. The van der Waals surface area contributed by atoms with Gasteiger partial charge in [0.1, 0.15) is 0 Å². The normalized spacial score (nSPS) is 16.1. The zero-order valence-corrected chi connectivity index (χ0v) is 12.8. The summed E-state index contributed by atoms with van der Waals surface area (Å²) in [6.45, 7) is 2.22. The fourth-order valence-corrected chi connectivity index (χ4v) is 3.04. The maximum absolute atomic E-state index is 13.2. The van der Waals surface area contributed by atoms with Crippen molar-refractivity contribution < 1.29 is 13.9 Å². The van der Waals surface area contributed by atoms with Gasteiger partial charge in [0.15, 0.2) is 0 Å². The molecular weight excluding hydrogens is 315 g/mol. The van der Waals surface area contributed by atoms with Crippen LogP contribution in [0.5, 0.6) is 5.19 Å². The number of hydrogen-bond donors (Lipinski definition) is 0. The quantitative estimate of drug-likeness (QED) is 0.801. The first-order valence-corrected chi connectivity index (χ1v) is 7.95. The van der Waals surface area contributed by atoms with Crippen molar-refractivity contribution in [2.75, 3.05) is 19.8 Å². The summed E-state index contributed by atoms with van der Waals surface area (Å²) in [5, 5.41) is 2.75. The average molecular weight is 329 g/mol. The minimum absolute atomic E-state index is 0.373. The van der Waals surface area contributed by atoms with Crippen molar-refractivity contribution >= 4 is 22.9 Å². The molecule has 1 fully saturated rings. The van der Waals surface area contributed by atoms with Gasteiger partial charge in [-0.15, -0.1) is 0 Å². The summed E-state index contributed by atoms with van der Waals surface area (Å²) in [6.07, 6.45) is 3.31. The lowest BCUT2D eigenvalue weighted by atomic mass is 10.0. The monoisotopic (exact) mass is 328 g/mol. The molecule has 4 nitrogen and oxygen atoms in total. The maximum atomic E-state index is 13.2. The van der Waals surface area contributed by atoms with E-state index in [1.807, 2.05) is 0 Å². The van der Waals surface area contributed by atoms with E-state index in [1.54, 1.807) is 5.38 Å². The predicted octanol–water partition coefficient (Wildman–Crippen LogP) is 3.80. The number of thiazole rings is 1. The van der Waals surface area contributed by atoms with Gasteiger partial charge >= 0.3 is 0 Å². The Labute approximate surface area is 130 Å². The summed E-state index contributed by atoms with van der Waals surface area (Å²) >= 11 is 7.40. The molecule has 112 valence electrons. The molecule has 3 rings (SSSR count). The van der Waals surface area contributed by atoms with Crippen LogP contribution in [0.2, 0.25) is 5.02 Å². The zero-order chi connectivity index (χ0) is 14.7. The van der Waals surface area contributed by atoms with Crippen LogP contribution >= 0.6 is 22.9 Å². The first-order valence-electron chi connectivity index (χ1n) is 6.70. The zero-order valence-electron chi connectivity index (χ0n) is 11.2. The van der Waals surface area contributed by atoms with Crippen molar-refractivity contribution in [3.8, 4) is 16.5 Å². The molecule has 0 atom stereocenters. The van der Waals surface area contributed by atoms with Crippen LogP contribution in [0.4, 0.5) is 4.39 Å². The van der Waals surface area contributed by atoms with Crippen LogP contribution in [0, 0.1) is 11.9 Å². The molecule has 2 aromatic heterocycles. The molecule has 0 aromatic carbocycles. The van der Waals surface area contributed by atoms with E-state index in [0.29, 0.717) is 34.0 Å². The molecule has 21 heavy (non-hydrogen) atoms. The molecule has 0 N–H and O–H groups in total. The van der Waals surface area contributed by atoms with Gasteiger partial charge in [0.2, 0.25) is 5.95 Å². The first kappa shape index (κ1) is 14.7. The second-order valence-electron chi connectivity index (χ2n) is 4.85. The summed E-state index contributed by atoms with van der Waals surface area (Å²) in [6, 6.07) is 1.28. The van der Waals surface area contributed by atoms with Gasteiger partial charge in [-0.2, -0.15) is 4.39 Å². The Morgan fingerprint density at radius 2 is 2.24 bits per heavy atom. The molecule has 2 aromatic rings. The van der Waals surface area contributed by atoms with E-state index in [4.69, 9.17) is 21.1 Å². The van der Waals surface area contributed by atoms with E-state index < -0.39 is 5.95 Å². The van der Waals surface area contributed by atoms with Gasteiger partial charge in [0.25, 0.3) is 5.19 Å². The molecule has 0 amide bonds. The highest BCUT2D eigenvalue weighted by Crippen LogP contribution is 2.31. The molecule has 3 heterocycles. The summed E-state index contributed by atoms with van der Waals surface area (Å²) in [5.74, 6) is -0.0693. The second kappa shape index (κ2) is 6.68. The Morgan fingerprint density at radius 1 is 1.43 bits per heavy atom. The standard InChI is InChI=1S/C14H14ClFN2O2S/c15-11-6-17-13(16)5-10(11)12-8-21-14(18-12)20-7-9-1-3-19-4-2-9/h5-6,8-9H,1-4,7H2. The van der Waals surface area contributed by atoms with E-state index in [2.05, 4.69) is 9.97 Å². The van der Waals surface area contributed by atoms with Crippen LogP contribution in [-0.2, 0) is 4.74 Å². The van der Waals surface area contributed by atoms with Crippen LogP contribution in [0.15, 0.2) is 17.6 Å². The molecule has 0 saturated carbocycles. The minimum Gasteiger partial charge on any atom is -0.470 e. The lowest BCUT2D eigenvalue weighted by Gasteiger charge is -2.21. The molecule has 1 aliphatic heterocycles. The van der Waals surface area contributed by atoms with Gasteiger partial charge in [-0.3, -0.25) is 0 Å². The van der Waals surface area contributed by atoms with E-state index >= 15 is 0 Å². The van der Waals surface area contributed by atoms with Crippen molar-refractivity contribution in [1.29, 1.82) is 0 Å². The van der Waals surface area contributed by atoms with Crippen molar-refractivity contribution in [2.24, 2.45) is 5.92 Å². The van der Waals surface area contributed by atoms with Crippen molar-refractivity contribution in [3.05, 3.63) is 28.6 Å². The van der Waals surface area contributed by atoms with E-state index in [0.717, 1.165) is 26.1 Å². The molecule has 1 aliphatic rings. The maximum Gasteiger partial charge on any atom is 0.273 e. The minimum atomic E-state index is -0.577. The number of aromatic nitrogens is 2. The van der Waals surface area contributed by atoms with E-state index in [-0.39, 0.29) is 0 Å². The molecule has 0 bridgehead atoms. The van der Waals surface area contributed by atoms with Crippen LogP contribution in [0.3, 0.4) is 0 Å². The molecule has 0 aliphatic carbocycles. The third-order valence-corrected chi connectivity index (χ3v) is 4.42. The Kier molecular flexibility index (Phi) is 4.67. The summed E-state index contributed by atoms with van der Waals surface area (Å²) in [4.78, 5) is 7.86. The van der Waals surface area contributed by atoms with Gasteiger partial charge in [-0.1, -0.05) is 22.9 Å². The number of halogens is 2. The molecule has 1 saturated heterocycles. The summed E-state index contributed by atoms with van der Waals surface area (Å²) in [7, 11) is 0. The number of ether oxygens (including phenoxy) is 2. The molecule has 0 radical (unpaired) electrons. The SMILES string of the molecule is Fc1cc(-c2csc(OCC3CCOCC3)n2)c(Cl)cn1. The Bertz CT molecular complexity index is 617. The van der Waals surface area contributed by atoms with Crippen molar-refractivity contribution in [2.45, 2.75) is 12.8 Å². The number of hydrogen-bond acceptors (Lipinski definition) is 5. The van der Waals surface area contributed by atoms with Gasteiger partial charge in [-0.05, 0) is 18.8 Å². The molecule has 0 spiro atoms. The van der Waals surface area contributed by atoms with E-state index in [1.165, 1.54) is 23.6 Å². The summed E-state index contributed by atoms with van der Waals surface area (Å²) in [5.41, 5.74) is 1.13. The highest BCUT2D eigenvalue weighted by Gasteiger charge is 2.16. The second-order valence-corrected chi connectivity index (χ2v) is 6.08. The third-order valence-electron chi connectivity index (χ3n) is 3.36. The molecule has 7 heteroatoms. The smallest absolute Gasteiger partial charge is 0.273 e. The fraction of sp³-hybridized carbons (Fsp3) is 0.429. The molecular formula is C14H14ClFN2O2S. The van der Waals surface area contributed by atoms with Gasteiger partial charge in [-0.25, -0.2) is 9.97 Å². The van der Waals surface area contributed by atoms with Crippen LogP contribution < -0.4 is 4.74 Å². The lowest BCUT2D eigenvalue weighted by Crippen LogP contribution is -2.21. The number of rotatable bonds is 4. The predicted molar refractivity (Wildman–Crippen MR) is 79.4 cm³/mol. The lowest BCUT2D eigenvalue weighted by molar-refractivity contribution is 0.0497. The van der Waals surface area contributed by atoms with Gasteiger partial charge < -0.3 is 9.47 Å². The number of nitrogens with zero attached hydrogens (tertiary/aromatic N) is 2. The van der Waals surface area contributed by atoms with E-state index in [9.17, 15) is 4.39 Å². The first-order chi connectivity index (χ1) is 10.2. The average Bonchev–Trinajstić information content (AvgIpc) is 2.97. The number of pyridine rings is 1. The van der Waals surface area contributed by atoms with Gasteiger partial charge in [0.05, 0.1) is 17.3 Å². The Balaban J connectivity index is 1.66.